The minimum atomic E-state index is -4.41. The lowest BCUT2D eigenvalue weighted by molar-refractivity contribution is -0.137. The van der Waals surface area contributed by atoms with Gasteiger partial charge in [0, 0.05) is 19.2 Å². The van der Waals surface area contributed by atoms with Crippen molar-refractivity contribution >= 4 is 11.7 Å². The number of benzene rings is 3. The summed E-state index contributed by atoms with van der Waals surface area (Å²) < 4.78 is 49.1. The Labute approximate surface area is 184 Å². The Morgan fingerprint density at radius 1 is 0.875 bits per heavy atom. The molecule has 0 aliphatic carbocycles. The fourth-order valence-corrected chi connectivity index (χ4v) is 3.12. The molecule has 32 heavy (non-hydrogen) atoms. The molecule has 0 fully saturated rings. The zero-order valence-corrected chi connectivity index (χ0v) is 17.6. The lowest BCUT2D eigenvalue weighted by atomic mass is 10.1. The van der Waals surface area contributed by atoms with Crippen LogP contribution < -0.4 is 14.8 Å². The van der Waals surface area contributed by atoms with E-state index in [1.54, 1.807) is 18.2 Å². The first-order valence-corrected chi connectivity index (χ1v) is 9.78. The molecule has 2 amide bonds. The van der Waals surface area contributed by atoms with E-state index < -0.39 is 17.8 Å². The molecule has 3 aromatic rings. The standard InChI is InChI=1S/C24H23F3N2O3/c1-31-20-12-13-21(22(14-20)32-2)28-23(30)29(15-17-6-4-3-5-7-17)16-18-8-10-19(11-9-18)24(25,26)27/h3-14H,15-16H2,1-2H3,(H,28,30). The highest BCUT2D eigenvalue weighted by Gasteiger charge is 2.30. The van der Waals surface area contributed by atoms with E-state index in [-0.39, 0.29) is 13.1 Å². The maximum Gasteiger partial charge on any atom is 0.416 e. The smallest absolute Gasteiger partial charge is 0.416 e. The third kappa shape index (κ3) is 5.94. The Balaban J connectivity index is 1.83. The first-order chi connectivity index (χ1) is 15.3. The van der Waals surface area contributed by atoms with Gasteiger partial charge in [-0.2, -0.15) is 13.2 Å². The van der Waals surface area contributed by atoms with Gasteiger partial charge in [-0.05, 0) is 35.4 Å². The highest BCUT2D eigenvalue weighted by Crippen LogP contribution is 2.31. The minimum Gasteiger partial charge on any atom is -0.497 e. The van der Waals surface area contributed by atoms with Crippen LogP contribution >= 0.6 is 0 Å². The van der Waals surface area contributed by atoms with E-state index in [4.69, 9.17) is 9.47 Å². The minimum absolute atomic E-state index is 0.122. The molecular formula is C24H23F3N2O3. The Bertz CT molecular complexity index is 1040. The van der Waals surface area contributed by atoms with Crippen molar-refractivity contribution < 1.29 is 27.4 Å². The molecule has 8 heteroatoms. The number of halogens is 3. The quantitative estimate of drug-likeness (QED) is 0.489. The second kappa shape index (κ2) is 10.1. The van der Waals surface area contributed by atoms with Gasteiger partial charge in [0.15, 0.2) is 0 Å². The lowest BCUT2D eigenvalue weighted by Gasteiger charge is -2.24. The van der Waals surface area contributed by atoms with E-state index in [2.05, 4.69) is 5.32 Å². The van der Waals surface area contributed by atoms with Gasteiger partial charge in [0.2, 0.25) is 0 Å². The Hall–Kier alpha value is -3.68. The number of carbonyl (C=O) groups excluding carboxylic acids is 1. The van der Waals surface area contributed by atoms with Crippen LogP contribution in [0.25, 0.3) is 0 Å². The summed E-state index contributed by atoms with van der Waals surface area (Å²) >= 11 is 0. The van der Waals surface area contributed by atoms with Crippen LogP contribution in [0.2, 0.25) is 0 Å². The van der Waals surface area contributed by atoms with Crippen LogP contribution in [0, 0.1) is 0 Å². The SMILES string of the molecule is COc1ccc(NC(=O)N(Cc2ccccc2)Cc2ccc(C(F)(F)F)cc2)c(OC)c1. The van der Waals surface area contributed by atoms with Gasteiger partial charge in [0.05, 0.1) is 25.5 Å². The van der Waals surface area contributed by atoms with Gasteiger partial charge in [0.1, 0.15) is 11.5 Å². The summed E-state index contributed by atoms with van der Waals surface area (Å²) in [6.45, 7) is 0.392. The van der Waals surface area contributed by atoms with E-state index in [0.717, 1.165) is 17.7 Å². The second-order valence-electron chi connectivity index (χ2n) is 7.03. The molecule has 1 N–H and O–H groups in total. The molecule has 0 aliphatic heterocycles. The van der Waals surface area contributed by atoms with Gasteiger partial charge >= 0.3 is 12.2 Å². The summed E-state index contributed by atoms with van der Waals surface area (Å²) in [4.78, 5) is 14.6. The number of amides is 2. The zero-order chi connectivity index (χ0) is 23.1. The largest absolute Gasteiger partial charge is 0.497 e. The van der Waals surface area contributed by atoms with Gasteiger partial charge in [-0.15, -0.1) is 0 Å². The molecule has 5 nitrogen and oxygen atoms in total. The Morgan fingerprint density at radius 2 is 1.50 bits per heavy atom. The van der Waals surface area contributed by atoms with Gasteiger partial charge < -0.3 is 19.7 Å². The van der Waals surface area contributed by atoms with Crippen molar-refractivity contribution in [2.24, 2.45) is 0 Å². The molecule has 0 aromatic heterocycles. The second-order valence-corrected chi connectivity index (χ2v) is 7.03. The highest BCUT2D eigenvalue weighted by molar-refractivity contribution is 5.91. The summed E-state index contributed by atoms with van der Waals surface area (Å²) in [5, 5.41) is 2.82. The summed E-state index contributed by atoms with van der Waals surface area (Å²) in [6.07, 6.45) is -4.41. The van der Waals surface area contributed by atoms with E-state index in [9.17, 15) is 18.0 Å². The number of hydrogen-bond donors (Lipinski definition) is 1. The molecule has 3 aromatic carbocycles. The summed E-state index contributed by atoms with van der Waals surface area (Å²) in [5.74, 6) is 0.998. The van der Waals surface area contributed by atoms with Crippen molar-refractivity contribution in [3.05, 3.63) is 89.5 Å². The number of urea groups is 1. The van der Waals surface area contributed by atoms with E-state index in [1.807, 2.05) is 30.3 Å². The van der Waals surface area contributed by atoms with Gasteiger partial charge in [-0.25, -0.2) is 4.79 Å². The first-order valence-electron chi connectivity index (χ1n) is 9.78. The number of nitrogens with one attached hydrogen (secondary N) is 1. The number of rotatable bonds is 7. The molecule has 0 radical (unpaired) electrons. The van der Waals surface area contributed by atoms with Crippen molar-refractivity contribution in [3.63, 3.8) is 0 Å². The maximum atomic E-state index is 13.1. The van der Waals surface area contributed by atoms with E-state index in [1.165, 1.54) is 31.3 Å². The monoisotopic (exact) mass is 444 g/mol. The molecule has 0 atom stereocenters. The maximum absolute atomic E-state index is 13.1. The van der Waals surface area contributed by atoms with Crippen molar-refractivity contribution in [2.75, 3.05) is 19.5 Å². The molecule has 0 saturated carbocycles. The third-order valence-corrected chi connectivity index (χ3v) is 4.81. The van der Waals surface area contributed by atoms with Crippen LogP contribution in [0.1, 0.15) is 16.7 Å². The van der Waals surface area contributed by atoms with Crippen LogP contribution in [0.15, 0.2) is 72.8 Å². The molecule has 168 valence electrons. The van der Waals surface area contributed by atoms with Crippen LogP contribution in [-0.4, -0.2) is 25.2 Å². The molecule has 0 saturated heterocycles. The predicted molar refractivity (Wildman–Crippen MR) is 116 cm³/mol. The summed E-state index contributed by atoms with van der Waals surface area (Å²) in [5.41, 5.74) is 1.18. The molecule has 0 bridgehead atoms. The van der Waals surface area contributed by atoms with E-state index >= 15 is 0 Å². The summed E-state index contributed by atoms with van der Waals surface area (Å²) in [7, 11) is 3.01. The lowest BCUT2D eigenvalue weighted by Crippen LogP contribution is -2.34. The fourth-order valence-electron chi connectivity index (χ4n) is 3.12. The van der Waals surface area contributed by atoms with Crippen molar-refractivity contribution in [1.29, 1.82) is 0 Å². The predicted octanol–water partition coefficient (Wildman–Crippen LogP) is 5.96. The number of carbonyl (C=O) groups is 1. The number of alkyl halides is 3. The number of nitrogens with zero attached hydrogens (tertiary/aromatic N) is 1. The Morgan fingerprint density at radius 3 is 2.06 bits per heavy atom. The molecule has 0 heterocycles. The van der Waals surface area contributed by atoms with Gasteiger partial charge in [-0.1, -0.05) is 42.5 Å². The van der Waals surface area contributed by atoms with Gasteiger partial charge in [-0.3, -0.25) is 0 Å². The molecule has 0 unspecified atom stereocenters. The average Bonchev–Trinajstić information content (AvgIpc) is 2.79. The molecular weight excluding hydrogens is 421 g/mol. The average molecular weight is 444 g/mol. The van der Waals surface area contributed by atoms with Crippen LogP contribution in [-0.2, 0) is 19.3 Å². The Kier molecular flexibility index (Phi) is 7.25. The molecule has 3 rings (SSSR count). The van der Waals surface area contributed by atoms with Gasteiger partial charge in [0.25, 0.3) is 0 Å². The van der Waals surface area contributed by atoms with Crippen LogP contribution in [0.5, 0.6) is 11.5 Å². The number of hydrogen-bond acceptors (Lipinski definition) is 3. The molecule has 0 spiro atoms. The third-order valence-electron chi connectivity index (χ3n) is 4.81. The first kappa shape index (κ1) is 23.0. The topological polar surface area (TPSA) is 50.8 Å². The molecule has 0 aliphatic rings. The number of methoxy groups -OCH3 is 2. The van der Waals surface area contributed by atoms with Crippen LogP contribution in [0.4, 0.5) is 23.7 Å². The van der Waals surface area contributed by atoms with E-state index in [0.29, 0.717) is 22.7 Å². The normalized spacial score (nSPS) is 11.0. The van der Waals surface area contributed by atoms with Crippen molar-refractivity contribution in [3.8, 4) is 11.5 Å². The number of ether oxygens (including phenoxy) is 2. The zero-order valence-electron chi connectivity index (χ0n) is 17.6. The van der Waals surface area contributed by atoms with Crippen molar-refractivity contribution in [2.45, 2.75) is 19.3 Å². The number of anilines is 1. The highest BCUT2D eigenvalue weighted by atomic mass is 19.4. The van der Waals surface area contributed by atoms with Crippen LogP contribution in [0.3, 0.4) is 0 Å². The van der Waals surface area contributed by atoms with Crippen molar-refractivity contribution in [1.82, 2.24) is 4.90 Å². The fraction of sp³-hybridized carbons (Fsp3) is 0.208. The summed E-state index contributed by atoms with van der Waals surface area (Å²) in [6, 6.07) is 18.7.